The number of rotatable bonds is 2. The highest BCUT2D eigenvalue weighted by Gasteiger charge is 2.29. The highest BCUT2D eigenvalue weighted by atomic mass is 35.5. The lowest BCUT2D eigenvalue weighted by Gasteiger charge is -2.31. The third kappa shape index (κ3) is 2.11. The first-order valence-corrected chi connectivity index (χ1v) is 7.01. The van der Waals surface area contributed by atoms with Crippen LogP contribution in [0.5, 0.6) is 5.75 Å². The Kier molecular flexibility index (Phi) is 3.24. The van der Waals surface area contributed by atoms with Crippen molar-refractivity contribution in [1.82, 2.24) is 10.3 Å². The molecule has 1 aromatic heterocycles. The SMILES string of the molecule is CNC1CC(c2ncc(Cl)s2)Oc2ccccc21. The quantitative estimate of drug-likeness (QED) is 0.913. The molecule has 3 rings (SSSR count). The summed E-state index contributed by atoms with van der Waals surface area (Å²) in [5.74, 6) is 0.930. The first kappa shape index (κ1) is 12.0. The van der Waals surface area contributed by atoms with Gasteiger partial charge >= 0.3 is 0 Å². The van der Waals surface area contributed by atoms with Gasteiger partial charge in [0, 0.05) is 18.0 Å². The van der Waals surface area contributed by atoms with Crippen LogP contribution in [0.25, 0.3) is 0 Å². The molecule has 1 aromatic carbocycles. The van der Waals surface area contributed by atoms with Crippen LogP contribution in [0.1, 0.15) is 29.1 Å². The van der Waals surface area contributed by atoms with Crippen molar-refractivity contribution in [2.75, 3.05) is 7.05 Å². The van der Waals surface area contributed by atoms with Crippen LogP contribution < -0.4 is 10.1 Å². The van der Waals surface area contributed by atoms with Gasteiger partial charge in [-0.25, -0.2) is 4.98 Å². The van der Waals surface area contributed by atoms with E-state index in [1.807, 2.05) is 25.2 Å². The number of fused-ring (bicyclic) bond motifs is 1. The Bertz CT molecular complexity index is 557. The average molecular weight is 281 g/mol. The summed E-state index contributed by atoms with van der Waals surface area (Å²) < 4.78 is 6.71. The van der Waals surface area contributed by atoms with Gasteiger partial charge in [-0.2, -0.15) is 0 Å². The number of nitrogens with one attached hydrogen (secondary N) is 1. The van der Waals surface area contributed by atoms with Crippen molar-refractivity contribution in [3.05, 3.63) is 45.4 Å². The number of hydrogen-bond acceptors (Lipinski definition) is 4. The van der Waals surface area contributed by atoms with Crippen LogP contribution in [0.2, 0.25) is 4.34 Å². The van der Waals surface area contributed by atoms with Crippen LogP contribution in [-0.2, 0) is 0 Å². The lowest BCUT2D eigenvalue weighted by Crippen LogP contribution is -2.26. The third-order valence-electron chi connectivity index (χ3n) is 3.13. The van der Waals surface area contributed by atoms with Crippen LogP contribution in [-0.4, -0.2) is 12.0 Å². The lowest BCUT2D eigenvalue weighted by molar-refractivity contribution is 0.153. The molecule has 94 valence electrons. The van der Waals surface area contributed by atoms with Crippen LogP contribution in [0, 0.1) is 0 Å². The Balaban J connectivity index is 1.94. The molecule has 0 amide bonds. The topological polar surface area (TPSA) is 34.2 Å². The molecular weight excluding hydrogens is 268 g/mol. The van der Waals surface area contributed by atoms with E-state index in [0.29, 0.717) is 10.4 Å². The highest BCUT2D eigenvalue weighted by molar-refractivity contribution is 7.15. The molecule has 2 atom stereocenters. The van der Waals surface area contributed by atoms with Gasteiger partial charge in [-0.1, -0.05) is 29.8 Å². The van der Waals surface area contributed by atoms with Crippen molar-refractivity contribution in [1.29, 1.82) is 0 Å². The van der Waals surface area contributed by atoms with Gasteiger partial charge in [-0.15, -0.1) is 11.3 Å². The number of benzene rings is 1. The van der Waals surface area contributed by atoms with Crippen molar-refractivity contribution in [3.63, 3.8) is 0 Å². The molecule has 0 saturated carbocycles. The maximum Gasteiger partial charge on any atom is 0.152 e. The minimum Gasteiger partial charge on any atom is -0.483 e. The van der Waals surface area contributed by atoms with Crippen molar-refractivity contribution in [2.24, 2.45) is 0 Å². The van der Waals surface area contributed by atoms with E-state index in [1.54, 1.807) is 6.20 Å². The summed E-state index contributed by atoms with van der Waals surface area (Å²) in [6.07, 6.45) is 2.53. The zero-order chi connectivity index (χ0) is 12.5. The number of para-hydroxylation sites is 1. The Morgan fingerprint density at radius 2 is 2.28 bits per heavy atom. The van der Waals surface area contributed by atoms with Crippen molar-refractivity contribution in [2.45, 2.75) is 18.6 Å². The fourth-order valence-corrected chi connectivity index (χ4v) is 3.23. The summed E-state index contributed by atoms with van der Waals surface area (Å²) >= 11 is 7.42. The van der Waals surface area contributed by atoms with Crippen LogP contribution in [0.15, 0.2) is 30.5 Å². The smallest absolute Gasteiger partial charge is 0.152 e. The van der Waals surface area contributed by atoms with E-state index in [4.69, 9.17) is 16.3 Å². The van der Waals surface area contributed by atoms with Gasteiger partial charge in [0.2, 0.25) is 0 Å². The van der Waals surface area contributed by atoms with Crippen LogP contribution in [0.3, 0.4) is 0 Å². The Morgan fingerprint density at radius 3 is 3.00 bits per heavy atom. The zero-order valence-electron chi connectivity index (χ0n) is 9.89. The molecule has 0 saturated heterocycles. The van der Waals surface area contributed by atoms with Gasteiger partial charge < -0.3 is 10.1 Å². The zero-order valence-corrected chi connectivity index (χ0v) is 11.5. The number of nitrogens with zero attached hydrogens (tertiary/aromatic N) is 1. The molecule has 5 heteroatoms. The molecule has 2 aromatic rings. The molecule has 2 unspecified atom stereocenters. The minimum atomic E-state index is -0.0187. The molecule has 3 nitrogen and oxygen atoms in total. The fourth-order valence-electron chi connectivity index (χ4n) is 2.26. The molecule has 0 spiro atoms. The maximum absolute atomic E-state index is 6.01. The van der Waals surface area contributed by atoms with Crippen molar-refractivity contribution < 1.29 is 4.74 Å². The number of halogens is 1. The Hall–Kier alpha value is -1.10. The summed E-state index contributed by atoms with van der Waals surface area (Å²) in [6, 6.07) is 8.42. The van der Waals surface area contributed by atoms with E-state index in [1.165, 1.54) is 16.9 Å². The average Bonchev–Trinajstić information content (AvgIpc) is 2.84. The molecule has 0 radical (unpaired) electrons. The molecule has 1 aliphatic rings. The summed E-state index contributed by atoms with van der Waals surface area (Å²) in [5, 5.41) is 4.27. The van der Waals surface area contributed by atoms with Crippen LogP contribution >= 0.6 is 22.9 Å². The van der Waals surface area contributed by atoms with Crippen molar-refractivity contribution >= 4 is 22.9 Å². The van der Waals surface area contributed by atoms with Gasteiger partial charge in [0.15, 0.2) is 6.10 Å². The molecular formula is C13H13ClN2OS. The van der Waals surface area contributed by atoms with E-state index < -0.39 is 0 Å². The summed E-state index contributed by atoms with van der Waals surface area (Å²) in [6.45, 7) is 0. The number of hydrogen-bond donors (Lipinski definition) is 1. The molecule has 2 heterocycles. The first-order valence-electron chi connectivity index (χ1n) is 5.82. The normalized spacial score (nSPS) is 22.3. The predicted molar refractivity (Wildman–Crippen MR) is 73.4 cm³/mol. The van der Waals surface area contributed by atoms with Gasteiger partial charge in [-0.05, 0) is 13.1 Å². The second-order valence-corrected chi connectivity index (χ2v) is 5.92. The molecule has 0 fully saturated rings. The first-order chi connectivity index (χ1) is 8.78. The van der Waals surface area contributed by atoms with Gasteiger partial charge in [0.1, 0.15) is 15.1 Å². The number of thiazole rings is 1. The highest BCUT2D eigenvalue weighted by Crippen LogP contribution is 2.41. The number of ether oxygens (including phenoxy) is 1. The maximum atomic E-state index is 6.01. The van der Waals surface area contributed by atoms with E-state index in [2.05, 4.69) is 16.4 Å². The summed E-state index contributed by atoms with van der Waals surface area (Å²) in [5.41, 5.74) is 1.21. The molecule has 1 aliphatic heterocycles. The Morgan fingerprint density at radius 1 is 1.44 bits per heavy atom. The molecule has 0 bridgehead atoms. The standard InChI is InChI=1S/C13H13ClN2OS/c1-15-9-6-11(13-16-7-12(14)18-13)17-10-5-3-2-4-8(9)10/h2-5,7,9,11,15H,6H2,1H3. The minimum absolute atomic E-state index is 0.0187. The second kappa shape index (κ2) is 4.88. The monoisotopic (exact) mass is 280 g/mol. The van der Waals surface area contributed by atoms with Crippen LogP contribution in [0.4, 0.5) is 0 Å². The Labute approximate surface area is 115 Å². The molecule has 18 heavy (non-hydrogen) atoms. The lowest BCUT2D eigenvalue weighted by atomic mass is 9.97. The molecule has 0 aliphatic carbocycles. The van der Waals surface area contributed by atoms with E-state index >= 15 is 0 Å². The van der Waals surface area contributed by atoms with Gasteiger partial charge in [0.05, 0.1) is 6.20 Å². The van der Waals surface area contributed by atoms with Crippen molar-refractivity contribution in [3.8, 4) is 5.75 Å². The van der Waals surface area contributed by atoms with Gasteiger partial charge in [-0.3, -0.25) is 0 Å². The van der Waals surface area contributed by atoms with Gasteiger partial charge in [0.25, 0.3) is 0 Å². The second-order valence-electron chi connectivity index (χ2n) is 4.22. The summed E-state index contributed by atoms with van der Waals surface area (Å²) in [4.78, 5) is 4.31. The largest absolute Gasteiger partial charge is 0.483 e. The summed E-state index contributed by atoms with van der Waals surface area (Å²) in [7, 11) is 1.97. The number of aromatic nitrogens is 1. The van der Waals surface area contributed by atoms with E-state index in [-0.39, 0.29) is 6.10 Å². The predicted octanol–water partition coefficient (Wildman–Crippen LogP) is 3.58. The van der Waals surface area contributed by atoms with E-state index in [9.17, 15) is 0 Å². The third-order valence-corrected chi connectivity index (χ3v) is 4.34. The van der Waals surface area contributed by atoms with E-state index in [0.717, 1.165) is 17.2 Å². The molecule has 1 N–H and O–H groups in total. The fraction of sp³-hybridized carbons (Fsp3) is 0.308.